The quantitative estimate of drug-likeness (QED) is 0.726. The lowest BCUT2D eigenvalue weighted by atomic mass is 10.1. The Kier molecular flexibility index (Phi) is 4.97. The van der Waals surface area contributed by atoms with E-state index in [1.807, 2.05) is 43.5 Å². The molecule has 0 spiro atoms. The Bertz CT molecular complexity index is 840. The van der Waals surface area contributed by atoms with Crippen LogP contribution in [0, 0.1) is 0 Å². The smallest absolute Gasteiger partial charge is 0.273 e. The first-order valence-corrected chi connectivity index (χ1v) is 8.74. The van der Waals surface area contributed by atoms with Gasteiger partial charge in [-0.3, -0.25) is 4.79 Å². The number of carbonyl (C=O) groups is 1. The van der Waals surface area contributed by atoms with Crippen LogP contribution in [0.3, 0.4) is 0 Å². The molecule has 0 saturated heterocycles. The van der Waals surface area contributed by atoms with E-state index in [1.54, 1.807) is 6.07 Å². The van der Waals surface area contributed by atoms with Crippen LogP contribution in [-0.4, -0.2) is 16.0 Å². The van der Waals surface area contributed by atoms with Crippen molar-refractivity contribution in [1.29, 1.82) is 0 Å². The number of halogens is 1. The van der Waals surface area contributed by atoms with Crippen molar-refractivity contribution in [2.45, 2.75) is 26.3 Å². The van der Waals surface area contributed by atoms with E-state index in [1.165, 1.54) is 11.3 Å². The van der Waals surface area contributed by atoms with Crippen LogP contribution in [0.25, 0.3) is 11.3 Å². The van der Waals surface area contributed by atoms with Crippen molar-refractivity contribution in [1.82, 2.24) is 15.5 Å². The summed E-state index contributed by atoms with van der Waals surface area (Å²) in [7, 11) is 0. The van der Waals surface area contributed by atoms with Gasteiger partial charge in [-0.15, -0.1) is 11.3 Å². The third-order valence-corrected chi connectivity index (χ3v) is 4.52. The maximum absolute atomic E-state index is 12.1. The van der Waals surface area contributed by atoms with Crippen LogP contribution in [-0.2, 0) is 6.54 Å². The fourth-order valence-corrected chi connectivity index (χ4v) is 2.93. The Morgan fingerprint density at radius 2 is 2.08 bits per heavy atom. The Morgan fingerprint density at radius 3 is 2.75 bits per heavy atom. The van der Waals surface area contributed by atoms with Gasteiger partial charge in [0.1, 0.15) is 10.8 Å². The first-order chi connectivity index (χ1) is 11.5. The minimum atomic E-state index is -0.270. The lowest BCUT2D eigenvalue weighted by Crippen LogP contribution is -2.22. The summed E-state index contributed by atoms with van der Waals surface area (Å²) < 4.78 is 5.14. The Hall–Kier alpha value is -2.18. The van der Waals surface area contributed by atoms with Gasteiger partial charge in [-0.05, 0) is 12.1 Å². The van der Waals surface area contributed by atoms with Crippen LogP contribution >= 0.6 is 22.9 Å². The minimum Gasteiger partial charge on any atom is -0.360 e. The highest BCUT2D eigenvalue weighted by Gasteiger charge is 2.14. The zero-order chi connectivity index (χ0) is 17.1. The molecule has 0 aliphatic heterocycles. The summed E-state index contributed by atoms with van der Waals surface area (Å²) in [6.07, 6.45) is 0. The van der Waals surface area contributed by atoms with Gasteiger partial charge < -0.3 is 9.84 Å². The van der Waals surface area contributed by atoms with E-state index in [0.29, 0.717) is 17.3 Å². The van der Waals surface area contributed by atoms with Crippen molar-refractivity contribution in [2.24, 2.45) is 0 Å². The number of aromatic nitrogens is 2. The molecule has 0 atom stereocenters. The monoisotopic (exact) mass is 361 g/mol. The molecule has 124 valence electrons. The molecule has 5 nitrogen and oxygen atoms in total. The van der Waals surface area contributed by atoms with Gasteiger partial charge in [0.15, 0.2) is 5.69 Å². The molecule has 3 aromatic rings. The van der Waals surface area contributed by atoms with Crippen LogP contribution in [0.5, 0.6) is 0 Å². The van der Waals surface area contributed by atoms with Crippen molar-refractivity contribution in [3.63, 3.8) is 0 Å². The number of thiazole rings is 1. The molecule has 1 aromatic carbocycles. The number of rotatable bonds is 5. The lowest BCUT2D eigenvalue weighted by Gasteiger charge is -1.99. The Balaban J connectivity index is 1.62. The number of nitrogens with one attached hydrogen (secondary N) is 1. The number of nitrogens with zero attached hydrogens (tertiary/aromatic N) is 2. The van der Waals surface area contributed by atoms with Crippen molar-refractivity contribution >= 4 is 28.8 Å². The molecule has 24 heavy (non-hydrogen) atoms. The zero-order valence-corrected chi connectivity index (χ0v) is 14.8. The molecule has 0 unspecified atom stereocenters. The normalized spacial score (nSPS) is 11.0. The van der Waals surface area contributed by atoms with E-state index in [0.717, 1.165) is 16.3 Å². The van der Waals surface area contributed by atoms with Crippen LogP contribution < -0.4 is 5.32 Å². The van der Waals surface area contributed by atoms with Gasteiger partial charge in [0.2, 0.25) is 0 Å². The van der Waals surface area contributed by atoms with Crippen molar-refractivity contribution < 1.29 is 9.32 Å². The molecule has 0 aliphatic carbocycles. The molecule has 1 amide bonds. The average Bonchev–Trinajstić information content (AvgIpc) is 3.23. The van der Waals surface area contributed by atoms with Gasteiger partial charge >= 0.3 is 0 Å². The predicted octanol–water partition coefficient (Wildman–Crippen LogP) is 4.50. The van der Waals surface area contributed by atoms with E-state index in [4.69, 9.17) is 16.1 Å². The first-order valence-electron chi connectivity index (χ1n) is 7.48. The second kappa shape index (κ2) is 7.15. The predicted molar refractivity (Wildman–Crippen MR) is 94.3 cm³/mol. The van der Waals surface area contributed by atoms with Gasteiger partial charge in [-0.2, -0.15) is 0 Å². The molecule has 0 saturated carbocycles. The lowest BCUT2D eigenvalue weighted by molar-refractivity contribution is 0.0941. The van der Waals surface area contributed by atoms with Crippen LogP contribution in [0.1, 0.15) is 41.0 Å². The summed E-state index contributed by atoms with van der Waals surface area (Å²) in [4.78, 5) is 16.6. The molecule has 0 bridgehead atoms. The summed E-state index contributed by atoms with van der Waals surface area (Å²) in [6, 6.07) is 9.16. The van der Waals surface area contributed by atoms with Crippen molar-refractivity contribution in [3.8, 4) is 11.3 Å². The SMILES string of the molecule is CC(C)c1cc(C(=O)NCc2nc(-c3ccc(Cl)cc3)cs2)no1. The summed E-state index contributed by atoms with van der Waals surface area (Å²) in [5.74, 6) is 0.619. The van der Waals surface area contributed by atoms with E-state index < -0.39 is 0 Å². The zero-order valence-electron chi connectivity index (χ0n) is 13.2. The van der Waals surface area contributed by atoms with Gasteiger partial charge in [0.25, 0.3) is 5.91 Å². The summed E-state index contributed by atoms with van der Waals surface area (Å²) >= 11 is 7.38. The molecular weight excluding hydrogens is 346 g/mol. The fraction of sp³-hybridized carbons (Fsp3) is 0.235. The number of benzene rings is 1. The first kappa shape index (κ1) is 16.7. The molecule has 3 rings (SSSR count). The molecule has 2 aromatic heterocycles. The summed E-state index contributed by atoms with van der Waals surface area (Å²) in [6.45, 7) is 4.31. The van der Waals surface area contributed by atoms with Crippen LogP contribution in [0.4, 0.5) is 0 Å². The van der Waals surface area contributed by atoms with Crippen LogP contribution in [0.2, 0.25) is 5.02 Å². The van der Waals surface area contributed by atoms with Crippen molar-refractivity contribution in [3.05, 3.63) is 57.2 Å². The highest BCUT2D eigenvalue weighted by atomic mass is 35.5. The Morgan fingerprint density at radius 1 is 1.33 bits per heavy atom. The second-order valence-electron chi connectivity index (χ2n) is 5.59. The van der Waals surface area contributed by atoms with Crippen LogP contribution in [0.15, 0.2) is 40.2 Å². The average molecular weight is 362 g/mol. The number of amides is 1. The number of hydrogen-bond donors (Lipinski definition) is 1. The van der Waals surface area contributed by atoms with Gasteiger partial charge in [0, 0.05) is 28.0 Å². The maximum Gasteiger partial charge on any atom is 0.273 e. The van der Waals surface area contributed by atoms with E-state index in [-0.39, 0.29) is 17.5 Å². The minimum absolute atomic E-state index is 0.194. The molecule has 0 radical (unpaired) electrons. The highest BCUT2D eigenvalue weighted by molar-refractivity contribution is 7.09. The van der Waals surface area contributed by atoms with Crippen molar-refractivity contribution in [2.75, 3.05) is 0 Å². The molecule has 0 fully saturated rings. The summed E-state index contributed by atoms with van der Waals surface area (Å²) in [5, 5.41) is 10.1. The van der Waals surface area contributed by atoms with E-state index in [2.05, 4.69) is 15.5 Å². The topological polar surface area (TPSA) is 68.0 Å². The summed E-state index contributed by atoms with van der Waals surface area (Å²) in [5.41, 5.74) is 2.14. The highest BCUT2D eigenvalue weighted by Crippen LogP contribution is 2.23. The van der Waals surface area contributed by atoms with Gasteiger partial charge in [0.05, 0.1) is 12.2 Å². The van der Waals surface area contributed by atoms with E-state index in [9.17, 15) is 4.79 Å². The molecule has 1 N–H and O–H groups in total. The van der Waals surface area contributed by atoms with Gasteiger partial charge in [-0.1, -0.05) is 42.7 Å². The maximum atomic E-state index is 12.1. The van der Waals surface area contributed by atoms with E-state index >= 15 is 0 Å². The molecular formula is C17H16ClN3O2S. The largest absolute Gasteiger partial charge is 0.360 e. The standard InChI is InChI=1S/C17H16ClN3O2S/c1-10(2)15-7-13(21-23-15)17(22)19-8-16-20-14(9-24-16)11-3-5-12(18)6-4-11/h3-7,9-10H,8H2,1-2H3,(H,19,22). The Labute approximate surface area is 148 Å². The van der Waals surface area contributed by atoms with Gasteiger partial charge in [-0.25, -0.2) is 4.98 Å². The number of carbonyl (C=O) groups excluding carboxylic acids is 1. The molecule has 0 aliphatic rings. The number of hydrogen-bond acceptors (Lipinski definition) is 5. The second-order valence-corrected chi connectivity index (χ2v) is 6.96. The fourth-order valence-electron chi connectivity index (χ4n) is 2.06. The molecule has 2 heterocycles. The third-order valence-electron chi connectivity index (χ3n) is 3.42. The third kappa shape index (κ3) is 3.83. The molecule has 7 heteroatoms.